The van der Waals surface area contributed by atoms with E-state index in [9.17, 15) is 9.59 Å². The van der Waals surface area contributed by atoms with E-state index in [1.165, 1.54) is 13.8 Å². The number of nitriles is 2. The topological polar surface area (TPSA) is 175 Å². The molecule has 2 aliphatic heterocycles. The minimum absolute atomic E-state index is 0.0394. The van der Waals surface area contributed by atoms with Crippen LogP contribution in [0.5, 0.6) is 0 Å². The van der Waals surface area contributed by atoms with Crippen molar-refractivity contribution in [1.82, 2.24) is 0 Å². The van der Waals surface area contributed by atoms with Crippen molar-refractivity contribution in [3.63, 3.8) is 0 Å². The number of nitrogens with zero attached hydrogens (tertiary/aromatic N) is 2. The first kappa shape index (κ1) is 29.9. The van der Waals surface area contributed by atoms with E-state index in [0.29, 0.717) is 0 Å². The highest BCUT2D eigenvalue weighted by atomic mass is 32.3. The molecule has 1 saturated heterocycles. The molecular weight excluding hydrogens is 452 g/mol. The molecule has 3 atom stereocenters. The highest BCUT2D eigenvalue weighted by Crippen LogP contribution is 2.48. The molecule has 0 aliphatic carbocycles. The summed E-state index contributed by atoms with van der Waals surface area (Å²) < 4.78 is 41.3. The molecule has 33 heavy (non-hydrogen) atoms. The zero-order valence-corrected chi connectivity index (χ0v) is 20.1. The standard InChI is InChI=1S/C9H11NO.C9H9N.C4H6O3.H2O4S/c1-8-3-4-9(2,11-8)7(5-8)6-10;1-7-3-4-8(2)9(5-7)6-10;1-3(5)7-4(2)6;1-5(2,3)4/h3-4,7H,5H2,1-2H3;3-5H,1-2H3;1-2H3;(H2,1,2,3,4)/t7?,8-,9+;;;/m0.../s1. The Bertz CT molecular complexity index is 1060. The van der Waals surface area contributed by atoms with E-state index < -0.39 is 22.3 Å². The van der Waals surface area contributed by atoms with Crippen molar-refractivity contribution in [3.8, 4) is 12.1 Å². The molecule has 3 rings (SSSR count). The highest BCUT2D eigenvalue weighted by Gasteiger charge is 2.53. The van der Waals surface area contributed by atoms with Crippen LogP contribution in [0.4, 0.5) is 0 Å². The third-order valence-corrected chi connectivity index (χ3v) is 4.48. The Balaban J connectivity index is 0.000000433. The summed E-state index contributed by atoms with van der Waals surface area (Å²) in [6.45, 7) is 10.3. The number of benzene rings is 1. The summed E-state index contributed by atoms with van der Waals surface area (Å²) in [6.07, 6.45) is 4.93. The van der Waals surface area contributed by atoms with E-state index in [1.54, 1.807) is 0 Å². The molecule has 1 unspecified atom stereocenters. The number of rotatable bonds is 0. The lowest BCUT2D eigenvalue weighted by molar-refractivity contribution is -0.156. The fourth-order valence-corrected chi connectivity index (χ4v) is 3.05. The van der Waals surface area contributed by atoms with Crippen molar-refractivity contribution in [2.45, 2.75) is 59.2 Å². The Morgan fingerprint density at radius 3 is 1.88 bits per heavy atom. The molecule has 11 heteroatoms. The summed E-state index contributed by atoms with van der Waals surface area (Å²) in [5.41, 5.74) is 2.51. The third-order valence-electron chi connectivity index (χ3n) is 4.48. The van der Waals surface area contributed by atoms with Gasteiger partial charge in [-0.05, 0) is 51.3 Å². The molecule has 1 aromatic carbocycles. The molecule has 2 heterocycles. The summed E-state index contributed by atoms with van der Waals surface area (Å²) in [7, 11) is -4.67. The van der Waals surface area contributed by atoms with E-state index >= 15 is 0 Å². The number of hydrogen-bond acceptors (Lipinski definition) is 8. The summed E-state index contributed by atoms with van der Waals surface area (Å²) in [5, 5.41) is 17.4. The molecule has 1 aromatic rings. The van der Waals surface area contributed by atoms with Gasteiger partial charge in [0.2, 0.25) is 0 Å². The van der Waals surface area contributed by atoms with Crippen LogP contribution in [0.3, 0.4) is 0 Å². The third kappa shape index (κ3) is 11.9. The lowest BCUT2D eigenvalue weighted by Crippen LogP contribution is -2.26. The predicted octanol–water partition coefficient (Wildman–Crippen LogP) is 3.25. The van der Waals surface area contributed by atoms with Gasteiger partial charge in [0, 0.05) is 13.8 Å². The van der Waals surface area contributed by atoms with E-state index in [-0.39, 0.29) is 17.1 Å². The maximum Gasteiger partial charge on any atom is 0.394 e. The SMILES string of the molecule is CC(=O)OC(C)=O.C[C@@]12C=C[C@@](C)(O1)C(C#N)C2.Cc1ccc(C)c(C#N)c1.O=S(=O)(O)O. The maximum absolute atomic E-state index is 9.81. The molecule has 0 saturated carbocycles. The number of carbonyl (C=O) groups is 2. The largest absolute Gasteiger partial charge is 0.394 e. The molecular formula is C22H28N2O8S. The average Bonchev–Trinajstić information content (AvgIpc) is 3.10. The van der Waals surface area contributed by atoms with Crippen LogP contribution in [-0.2, 0) is 29.5 Å². The van der Waals surface area contributed by atoms with Crippen LogP contribution in [0.25, 0.3) is 0 Å². The molecule has 2 bridgehead atoms. The van der Waals surface area contributed by atoms with Crippen molar-refractivity contribution in [2.75, 3.05) is 0 Å². The van der Waals surface area contributed by atoms with E-state index in [0.717, 1.165) is 23.1 Å². The zero-order valence-electron chi connectivity index (χ0n) is 19.3. The second-order valence-corrected chi connectivity index (χ2v) is 8.68. The molecule has 0 aromatic heterocycles. The Morgan fingerprint density at radius 1 is 1.12 bits per heavy atom. The van der Waals surface area contributed by atoms with Crippen LogP contribution in [0.1, 0.15) is 50.8 Å². The number of hydrogen-bond donors (Lipinski definition) is 2. The lowest BCUT2D eigenvalue weighted by atomic mass is 9.82. The van der Waals surface area contributed by atoms with Gasteiger partial charge in [0.25, 0.3) is 0 Å². The van der Waals surface area contributed by atoms with Gasteiger partial charge in [0.1, 0.15) is 5.60 Å². The van der Waals surface area contributed by atoms with Gasteiger partial charge in [-0.2, -0.15) is 18.9 Å². The highest BCUT2D eigenvalue weighted by molar-refractivity contribution is 7.79. The van der Waals surface area contributed by atoms with Crippen molar-refractivity contribution < 1.29 is 36.6 Å². The van der Waals surface area contributed by atoms with Gasteiger partial charge in [0.05, 0.1) is 29.2 Å². The van der Waals surface area contributed by atoms with Crippen LogP contribution in [0.2, 0.25) is 0 Å². The zero-order chi connectivity index (χ0) is 26.0. The minimum atomic E-state index is -4.67. The Kier molecular flexibility index (Phi) is 11.1. The van der Waals surface area contributed by atoms with E-state index in [1.807, 2.05) is 52.0 Å². The molecule has 180 valence electrons. The molecule has 2 aliphatic rings. The smallest absolute Gasteiger partial charge is 0.394 e. The summed E-state index contributed by atoms with van der Waals surface area (Å²) >= 11 is 0. The Labute approximate surface area is 194 Å². The predicted molar refractivity (Wildman–Crippen MR) is 118 cm³/mol. The van der Waals surface area contributed by atoms with Gasteiger partial charge in [-0.15, -0.1) is 0 Å². The number of ether oxygens (including phenoxy) is 2. The number of fused-ring (bicyclic) bond motifs is 2. The van der Waals surface area contributed by atoms with E-state index in [4.69, 9.17) is 32.8 Å². The quantitative estimate of drug-likeness (QED) is 0.243. The first-order chi connectivity index (χ1) is 14.9. The van der Waals surface area contributed by atoms with Crippen molar-refractivity contribution in [2.24, 2.45) is 5.92 Å². The molecule has 0 spiro atoms. The van der Waals surface area contributed by atoms with Crippen molar-refractivity contribution in [1.29, 1.82) is 10.5 Å². The fourth-order valence-electron chi connectivity index (χ4n) is 3.05. The molecule has 1 fully saturated rings. The Morgan fingerprint density at radius 2 is 1.64 bits per heavy atom. The van der Waals surface area contributed by atoms with Crippen molar-refractivity contribution in [3.05, 3.63) is 47.0 Å². The van der Waals surface area contributed by atoms with Crippen LogP contribution >= 0.6 is 0 Å². The van der Waals surface area contributed by atoms with Crippen LogP contribution in [0, 0.1) is 42.4 Å². The second kappa shape index (κ2) is 12.2. The minimum Gasteiger partial charge on any atom is -0.394 e. The van der Waals surface area contributed by atoms with Crippen LogP contribution in [0.15, 0.2) is 30.4 Å². The van der Waals surface area contributed by atoms with Gasteiger partial charge in [0.15, 0.2) is 0 Å². The van der Waals surface area contributed by atoms with E-state index in [2.05, 4.69) is 23.0 Å². The number of aryl methyl sites for hydroxylation is 2. The average molecular weight is 481 g/mol. The van der Waals surface area contributed by atoms with Gasteiger partial charge in [-0.25, -0.2) is 0 Å². The summed E-state index contributed by atoms with van der Waals surface area (Å²) in [5.74, 6) is -1.09. The maximum atomic E-state index is 9.81. The van der Waals surface area contributed by atoms with Gasteiger partial charge in [-0.1, -0.05) is 24.3 Å². The van der Waals surface area contributed by atoms with Gasteiger partial charge >= 0.3 is 22.3 Å². The van der Waals surface area contributed by atoms with Gasteiger partial charge in [-0.3, -0.25) is 18.7 Å². The summed E-state index contributed by atoms with van der Waals surface area (Å²) in [4.78, 5) is 19.6. The number of carbonyl (C=O) groups excluding carboxylic acids is 2. The molecule has 10 nitrogen and oxygen atoms in total. The normalized spacial score (nSPS) is 23.8. The molecule has 0 amide bonds. The first-order valence-corrected chi connectivity index (χ1v) is 11.0. The first-order valence-electron chi connectivity index (χ1n) is 9.61. The second-order valence-electron chi connectivity index (χ2n) is 7.78. The number of esters is 2. The van der Waals surface area contributed by atoms with Crippen LogP contribution < -0.4 is 0 Å². The monoisotopic (exact) mass is 480 g/mol. The molecule has 2 N–H and O–H groups in total. The molecule has 0 radical (unpaired) electrons. The fraction of sp³-hybridized carbons (Fsp3) is 0.455. The van der Waals surface area contributed by atoms with Crippen molar-refractivity contribution >= 4 is 22.3 Å². The van der Waals surface area contributed by atoms with Gasteiger partial charge < -0.3 is 9.47 Å². The van der Waals surface area contributed by atoms with Crippen LogP contribution in [-0.4, -0.2) is 40.7 Å². The lowest BCUT2D eigenvalue weighted by Gasteiger charge is -2.19. The summed E-state index contributed by atoms with van der Waals surface area (Å²) in [6, 6.07) is 10.3. The Hall–Kier alpha value is -3.09.